The van der Waals surface area contributed by atoms with Crippen molar-refractivity contribution < 1.29 is 18.3 Å². The lowest BCUT2D eigenvalue weighted by Crippen LogP contribution is -2.48. The maximum absolute atomic E-state index is 12.6. The van der Waals surface area contributed by atoms with Crippen LogP contribution in [-0.2, 0) is 11.2 Å². The molecule has 3 atom stereocenters. The molecule has 2 saturated heterocycles. The number of anilines is 1. The molecule has 8 heteroatoms. The number of ether oxygens (including phenoxy) is 2. The number of likely N-dealkylation sites (tertiary alicyclic amines) is 1. The maximum atomic E-state index is 12.6. The summed E-state index contributed by atoms with van der Waals surface area (Å²) in [5.74, 6) is 1.72. The van der Waals surface area contributed by atoms with Gasteiger partial charge >= 0.3 is 6.61 Å². The van der Waals surface area contributed by atoms with Crippen molar-refractivity contribution in [2.24, 2.45) is 11.8 Å². The normalized spacial score (nSPS) is 26.4. The molecule has 154 valence electrons. The lowest BCUT2D eigenvalue weighted by molar-refractivity contribution is -0.0609. The van der Waals surface area contributed by atoms with E-state index in [2.05, 4.69) is 33.7 Å². The van der Waals surface area contributed by atoms with Crippen LogP contribution >= 0.6 is 0 Å². The van der Waals surface area contributed by atoms with Crippen molar-refractivity contribution in [1.82, 2.24) is 14.9 Å². The zero-order valence-electron chi connectivity index (χ0n) is 16.2. The Bertz CT molecular complexity index is 910. The number of aryl methyl sites for hydroxylation is 1. The Kier molecular flexibility index (Phi) is 4.63. The Morgan fingerprint density at radius 2 is 2.00 bits per heavy atom. The number of aromatic nitrogens is 2. The second-order valence-electron chi connectivity index (χ2n) is 8.12. The molecule has 4 heterocycles. The Balaban J connectivity index is 1.40. The van der Waals surface area contributed by atoms with E-state index in [0.717, 1.165) is 44.1 Å². The molecule has 29 heavy (non-hydrogen) atoms. The van der Waals surface area contributed by atoms with Crippen LogP contribution in [0.2, 0.25) is 0 Å². The van der Waals surface area contributed by atoms with E-state index in [1.807, 2.05) is 0 Å². The third kappa shape index (κ3) is 3.44. The number of nitrogen functional groups attached to an aromatic ring is 1. The fourth-order valence-corrected chi connectivity index (χ4v) is 4.70. The summed E-state index contributed by atoms with van der Waals surface area (Å²) in [6.45, 7) is 3.08. The first-order valence-electron chi connectivity index (χ1n) is 10.1. The molecule has 1 unspecified atom stereocenters. The molecule has 6 nitrogen and oxygen atoms in total. The molecule has 0 amide bonds. The number of piperidine rings is 1. The van der Waals surface area contributed by atoms with Crippen LogP contribution in [0.1, 0.15) is 24.1 Å². The van der Waals surface area contributed by atoms with Gasteiger partial charge in [-0.05, 0) is 47.9 Å². The van der Waals surface area contributed by atoms with Crippen LogP contribution in [-0.4, -0.2) is 53.8 Å². The van der Waals surface area contributed by atoms with Crippen molar-refractivity contribution in [3.05, 3.63) is 35.7 Å². The van der Waals surface area contributed by atoms with Gasteiger partial charge in [-0.25, -0.2) is 4.98 Å². The predicted molar refractivity (Wildman–Crippen MR) is 104 cm³/mol. The smallest absolute Gasteiger partial charge is 0.387 e. The number of fused-ring (bicyclic) bond motifs is 1. The molecule has 0 aromatic carbocycles. The first-order valence-corrected chi connectivity index (χ1v) is 10.1. The van der Waals surface area contributed by atoms with Crippen LogP contribution in [0, 0.1) is 11.8 Å². The Morgan fingerprint density at radius 3 is 2.62 bits per heavy atom. The van der Waals surface area contributed by atoms with Gasteiger partial charge in [0.25, 0.3) is 0 Å². The van der Waals surface area contributed by atoms with Gasteiger partial charge in [0.2, 0.25) is 0 Å². The average Bonchev–Trinajstić information content (AvgIpc) is 3.16. The molecule has 2 aromatic rings. The van der Waals surface area contributed by atoms with Gasteiger partial charge in [0, 0.05) is 30.5 Å². The summed E-state index contributed by atoms with van der Waals surface area (Å²) >= 11 is 0. The van der Waals surface area contributed by atoms with Crippen molar-refractivity contribution in [3.63, 3.8) is 0 Å². The van der Waals surface area contributed by atoms with E-state index in [-0.39, 0.29) is 11.6 Å². The fraction of sp³-hybridized carbons (Fsp3) is 0.524. The van der Waals surface area contributed by atoms with Crippen LogP contribution in [0.4, 0.5) is 14.6 Å². The minimum Gasteiger partial charge on any atom is -0.431 e. The van der Waals surface area contributed by atoms with Crippen molar-refractivity contribution >= 4 is 5.82 Å². The minimum absolute atomic E-state index is 0.0577. The van der Waals surface area contributed by atoms with Crippen LogP contribution in [0.15, 0.2) is 24.4 Å². The summed E-state index contributed by atoms with van der Waals surface area (Å²) in [6, 6.07) is 6.34. The molecule has 3 fully saturated rings. The predicted octanol–water partition coefficient (Wildman–Crippen LogP) is 2.93. The summed E-state index contributed by atoms with van der Waals surface area (Å²) in [5, 5.41) is 0. The number of hydrogen-bond donors (Lipinski definition) is 1. The number of halogens is 2. The minimum atomic E-state index is -2.95. The summed E-state index contributed by atoms with van der Waals surface area (Å²) in [6.07, 6.45) is 2.36. The SMILES string of the molecule is CCc1cc(C2[C@H]3CN(C4COC4)C[C@@H]23)cc(-c2cnc(N)c(OC(F)F)c2)n1. The number of alkyl halides is 2. The number of nitrogens with two attached hydrogens (primary N) is 1. The monoisotopic (exact) mass is 402 g/mol. The molecular weight excluding hydrogens is 378 g/mol. The van der Waals surface area contributed by atoms with Gasteiger partial charge in [0.15, 0.2) is 11.6 Å². The number of hydrogen-bond acceptors (Lipinski definition) is 6. The van der Waals surface area contributed by atoms with E-state index < -0.39 is 6.61 Å². The lowest BCUT2D eigenvalue weighted by Gasteiger charge is -2.35. The summed E-state index contributed by atoms with van der Waals surface area (Å²) in [7, 11) is 0. The van der Waals surface area contributed by atoms with Crippen molar-refractivity contribution in [3.8, 4) is 17.0 Å². The highest BCUT2D eigenvalue weighted by Crippen LogP contribution is 2.59. The van der Waals surface area contributed by atoms with E-state index >= 15 is 0 Å². The molecule has 2 aliphatic heterocycles. The fourth-order valence-electron chi connectivity index (χ4n) is 4.70. The van der Waals surface area contributed by atoms with Crippen LogP contribution in [0.5, 0.6) is 5.75 Å². The van der Waals surface area contributed by atoms with Gasteiger partial charge < -0.3 is 15.2 Å². The molecule has 1 aliphatic carbocycles. The molecule has 5 rings (SSSR count). The molecular formula is C21H24F2N4O2. The van der Waals surface area contributed by atoms with Gasteiger partial charge in [-0.2, -0.15) is 8.78 Å². The average molecular weight is 402 g/mol. The zero-order valence-corrected chi connectivity index (χ0v) is 16.2. The highest BCUT2D eigenvalue weighted by molar-refractivity contribution is 5.65. The zero-order chi connectivity index (χ0) is 20.1. The third-order valence-corrected chi connectivity index (χ3v) is 6.40. The Hall–Kier alpha value is -2.32. The molecule has 3 aliphatic rings. The third-order valence-electron chi connectivity index (χ3n) is 6.40. The second kappa shape index (κ2) is 7.18. The van der Waals surface area contributed by atoms with Crippen molar-refractivity contribution in [2.75, 3.05) is 32.0 Å². The number of nitrogens with zero attached hydrogens (tertiary/aromatic N) is 3. The number of pyridine rings is 2. The standard InChI is InChI=1S/C21H24F2N4O2/c1-2-13-3-11(19-15-7-27(8-16(15)19)14-9-28-10-14)4-17(26-13)12-5-18(29-21(22)23)20(24)25-6-12/h3-6,14-16,19,21H,2,7-10H2,1H3,(H2,24,25)/t15-,16+,19?. The van der Waals surface area contributed by atoms with Gasteiger partial charge in [-0.1, -0.05) is 6.92 Å². The molecule has 0 spiro atoms. The molecule has 2 aromatic heterocycles. The van der Waals surface area contributed by atoms with Gasteiger partial charge in [-0.15, -0.1) is 0 Å². The van der Waals surface area contributed by atoms with Crippen molar-refractivity contribution in [1.29, 1.82) is 0 Å². The Labute approximate surface area is 168 Å². The van der Waals surface area contributed by atoms with E-state index in [1.165, 1.54) is 11.6 Å². The van der Waals surface area contributed by atoms with E-state index in [4.69, 9.17) is 15.5 Å². The highest BCUT2D eigenvalue weighted by atomic mass is 19.3. The van der Waals surface area contributed by atoms with Gasteiger partial charge in [0.1, 0.15) is 0 Å². The Morgan fingerprint density at radius 1 is 1.24 bits per heavy atom. The topological polar surface area (TPSA) is 73.5 Å². The van der Waals surface area contributed by atoms with Crippen LogP contribution < -0.4 is 10.5 Å². The molecule has 1 saturated carbocycles. The summed E-state index contributed by atoms with van der Waals surface area (Å²) in [4.78, 5) is 11.3. The van der Waals surface area contributed by atoms with Gasteiger partial charge in [-0.3, -0.25) is 9.88 Å². The van der Waals surface area contributed by atoms with Crippen LogP contribution in [0.3, 0.4) is 0 Å². The summed E-state index contributed by atoms with van der Waals surface area (Å²) in [5.41, 5.74) is 9.29. The van der Waals surface area contributed by atoms with E-state index in [0.29, 0.717) is 29.4 Å². The molecule has 0 bridgehead atoms. The maximum Gasteiger partial charge on any atom is 0.387 e. The largest absolute Gasteiger partial charge is 0.431 e. The lowest BCUT2D eigenvalue weighted by atomic mass is 10.0. The summed E-state index contributed by atoms with van der Waals surface area (Å²) < 4.78 is 35.1. The highest BCUT2D eigenvalue weighted by Gasteiger charge is 2.57. The van der Waals surface area contributed by atoms with E-state index in [9.17, 15) is 8.78 Å². The van der Waals surface area contributed by atoms with Crippen molar-refractivity contribution in [2.45, 2.75) is 31.9 Å². The number of rotatable bonds is 6. The first kappa shape index (κ1) is 18.7. The second-order valence-corrected chi connectivity index (χ2v) is 8.12. The quantitative estimate of drug-likeness (QED) is 0.801. The van der Waals surface area contributed by atoms with Gasteiger partial charge in [0.05, 0.1) is 24.9 Å². The molecule has 0 radical (unpaired) electrons. The first-order chi connectivity index (χ1) is 14.0. The molecule has 2 N–H and O–H groups in total. The van der Waals surface area contributed by atoms with E-state index in [1.54, 1.807) is 6.20 Å². The van der Waals surface area contributed by atoms with Crippen LogP contribution in [0.25, 0.3) is 11.3 Å².